The summed E-state index contributed by atoms with van der Waals surface area (Å²) < 4.78 is 5.19. The Hall–Kier alpha value is -1.67. The van der Waals surface area contributed by atoms with Crippen LogP contribution in [0.4, 0.5) is 0 Å². The summed E-state index contributed by atoms with van der Waals surface area (Å²) in [6.07, 6.45) is 9.44. The van der Waals surface area contributed by atoms with Crippen molar-refractivity contribution in [2.45, 2.75) is 71.5 Å². The second-order valence-electron chi connectivity index (χ2n) is 8.38. The zero-order chi connectivity index (χ0) is 22.1. The summed E-state index contributed by atoms with van der Waals surface area (Å²) >= 11 is 1.85. The standard InChI is InChI=1S/C24H33IN2O3/c1-16(2)23(28)21(14-18-8-6-5-7-9-18)27-24(29)22(26-17(3)4)15-19-10-12-20(30-25)13-11-19/h6,8-13,16-17,21-22,26H,5,7,14-15H2,1-4H3,(H,27,29). The first-order valence-electron chi connectivity index (χ1n) is 10.6. The topological polar surface area (TPSA) is 67.4 Å². The van der Waals surface area contributed by atoms with Gasteiger partial charge in [0.25, 0.3) is 0 Å². The first-order chi connectivity index (χ1) is 14.3. The lowest BCUT2D eigenvalue weighted by molar-refractivity contribution is -0.130. The molecule has 0 saturated heterocycles. The molecule has 0 spiro atoms. The fourth-order valence-corrected chi connectivity index (χ4v) is 3.79. The summed E-state index contributed by atoms with van der Waals surface area (Å²) in [5.41, 5.74) is 2.15. The Morgan fingerprint density at radius 3 is 2.27 bits per heavy atom. The summed E-state index contributed by atoms with van der Waals surface area (Å²) in [6, 6.07) is 6.90. The number of hydrogen-bond donors (Lipinski definition) is 2. The number of allylic oxidation sites excluding steroid dienone is 3. The zero-order valence-electron chi connectivity index (χ0n) is 18.3. The summed E-state index contributed by atoms with van der Waals surface area (Å²) in [7, 11) is 0. The van der Waals surface area contributed by atoms with Gasteiger partial charge in [0.15, 0.2) is 28.8 Å². The third kappa shape index (κ3) is 7.87. The number of halogens is 1. The molecule has 0 aliphatic heterocycles. The molecule has 1 aromatic rings. The monoisotopic (exact) mass is 524 g/mol. The van der Waals surface area contributed by atoms with Crippen LogP contribution in [0.1, 0.15) is 52.5 Å². The van der Waals surface area contributed by atoms with E-state index in [2.05, 4.69) is 28.9 Å². The van der Waals surface area contributed by atoms with Crippen LogP contribution in [0.3, 0.4) is 0 Å². The molecule has 0 fully saturated rings. The van der Waals surface area contributed by atoms with E-state index in [1.54, 1.807) is 0 Å². The Morgan fingerprint density at radius 2 is 1.73 bits per heavy atom. The normalized spacial score (nSPS) is 15.6. The fourth-order valence-electron chi connectivity index (χ4n) is 3.49. The number of benzene rings is 1. The fraction of sp³-hybridized carbons (Fsp3) is 0.500. The summed E-state index contributed by atoms with van der Waals surface area (Å²) in [6.45, 7) is 7.80. The SMILES string of the molecule is CC(C)NC(Cc1ccc(OI)cc1)C(=O)NC(CC1=CCCC=C1)C(=O)C(C)C. The maximum Gasteiger partial charge on any atom is 0.238 e. The van der Waals surface area contributed by atoms with Crippen LogP contribution >= 0.6 is 23.0 Å². The van der Waals surface area contributed by atoms with Crippen LogP contribution in [0.5, 0.6) is 5.75 Å². The number of hydrogen-bond acceptors (Lipinski definition) is 4. The molecular weight excluding hydrogens is 491 g/mol. The number of amides is 1. The van der Waals surface area contributed by atoms with Gasteiger partial charge >= 0.3 is 0 Å². The lowest BCUT2D eigenvalue weighted by atomic mass is 9.93. The molecule has 0 bridgehead atoms. The Balaban J connectivity index is 2.14. The van der Waals surface area contributed by atoms with Crippen molar-refractivity contribution in [2.75, 3.05) is 0 Å². The van der Waals surface area contributed by atoms with Gasteiger partial charge in [-0.25, -0.2) is 0 Å². The minimum atomic E-state index is -0.516. The molecule has 1 aliphatic carbocycles. The highest BCUT2D eigenvalue weighted by molar-refractivity contribution is 14.1. The highest BCUT2D eigenvalue weighted by Crippen LogP contribution is 2.18. The molecule has 6 heteroatoms. The molecule has 5 nitrogen and oxygen atoms in total. The maximum absolute atomic E-state index is 13.2. The van der Waals surface area contributed by atoms with Crippen LogP contribution in [-0.4, -0.2) is 29.8 Å². The van der Waals surface area contributed by atoms with Crippen molar-refractivity contribution in [3.8, 4) is 5.75 Å². The van der Waals surface area contributed by atoms with Gasteiger partial charge in [-0.3, -0.25) is 9.59 Å². The van der Waals surface area contributed by atoms with Gasteiger partial charge in [-0.15, -0.1) is 0 Å². The number of nitrogens with one attached hydrogen (secondary N) is 2. The highest BCUT2D eigenvalue weighted by atomic mass is 127. The van der Waals surface area contributed by atoms with E-state index in [0.29, 0.717) is 12.8 Å². The van der Waals surface area contributed by atoms with Crippen molar-refractivity contribution in [3.63, 3.8) is 0 Å². The average molecular weight is 524 g/mol. The van der Waals surface area contributed by atoms with Crippen LogP contribution in [0.2, 0.25) is 0 Å². The summed E-state index contributed by atoms with van der Waals surface area (Å²) in [5.74, 6) is 0.557. The molecule has 1 aromatic carbocycles. The van der Waals surface area contributed by atoms with Crippen molar-refractivity contribution in [1.29, 1.82) is 0 Å². The smallest absolute Gasteiger partial charge is 0.238 e. The van der Waals surface area contributed by atoms with Crippen molar-refractivity contribution in [3.05, 3.63) is 53.6 Å². The van der Waals surface area contributed by atoms with E-state index in [-0.39, 0.29) is 23.7 Å². The predicted octanol–water partition coefficient (Wildman–Crippen LogP) is 4.70. The predicted molar refractivity (Wildman–Crippen MR) is 130 cm³/mol. The molecule has 0 aromatic heterocycles. The second kappa shape index (κ2) is 12.2. The molecule has 0 radical (unpaired) electrons. The van der Waals surface area contributed by atoms with Crippen LogP contribution in [0.25, 0.3) is 0 Å². The molecule has 1 aliphatic rings. The second-order valence-corrected chi connectivity index (χ2v) is 8.82. The number of carbonyl (C=O) groups excluding carboxylic acids is 2. The van der Waals surface area contributed by atoms with Gasteiger partial charge in [-0.1, -0.05) is 58.1 Å². The van der Waals surface area contributed by atoms with Gasteiger partial charge < -0.3 is 13.7 Å². The highest BCUT2D eigenvalue weighted by Gasteiger charge is 2.28. The quantitative estimate of drug-likeness (QED) is 0.412. The Kier molecular flexibility index (Phi) is 10.0. The Morgan fingerprint density at radius 1 is 1.03 bits per heavy atom. The zero-order valence-corrected chi connectivity index (χ0v) is 20.4. The van der Waals surface area contributed by atoms with Crippen molar-refractivity contribution in [1.82, 2.24) is 10.6 Å². The van der Waals surface area contributed by atoms with Crippen LogP contribution in [-0.2, 0) is 16.0 Å². The van der Waals surface area contributed by atoms with Gasteiger partial charge in [-0.2, -0.15) is 0 Å². The molecular formula is C24H33IN2O3. The molecule has 0 saturated carbocycles. The molecule has 2 unspecified atom stereocenters. The third-order valence-electron chi connectivity index (χ3n) is 5.04. The first kappa shape index (κ1) is 24.6. The Labute approximate surface area is 194 Å². The molecule has 2 rings (SSSR count). The van der Waals surface area contributed by atoms with Crippen molar-refractivity contribution >= 4 is 34.7 Å². The molecule has 0 heterocycles. The first-order valence-corrected chi connectivity index (χ1v) is 11.5. The van der Waals surface area contributed by atoms with E-state index in [1.807, 2.05) is 75.0 Å². The molecule has 164 valence electrons. The molecule has 2 atom stereocenters. The van der Waals surface area contributed by atoms with Crippen LogP contribution in [0, 0.1) is 5.92 Å². The van der Waals surface area contributed by atoms with Gasteiger partial charge in [-0.05, 0) is 49.0 Å². The minimum Gasteiger partial charge on any atom is -0.428 e. The van der Waals surface area contributed by atoms with E-state index in [9.17, 15) is 9.59 Å². The number of ketones is 1. The average Bonchev–Trinajstić information content (AvgIpc) is 2.73. The Bertz CT molecular complexity index is 769. The molecule has 1 amide bonds. The van der Waals surface area contributed by atoms with Crippen LogP contribution < -0.4 is 13.7 Å². The van der Waals surface area contributed by atoms with Crippen molar-refractivity contribution in [2.24, 2.45) is 5.92 Å². The number of carbonyl (C=O) groups is 2. The summed E-state index contributed by atoms with van der Waals surface area (Å²) in [5, 5.41) is 6.39. The van der Waals surface area contributed by atoms with Gasteiger partial charge in [0.05, 0.1) is 12.1 Å². The summed E-state index contributed by atoms with van der Waals surface area (Å²) in [4.78, 5) is 26.0. The van der Waals surface area contributed by atoms with Crippen molar-refractivity contribution < 1.29 is 12.7 Å². The molecule has 30 heavy (non-hydrogen) atoms. The van der Waals surface area contributed by atoms with Gasteiger partial charge in [0.1, 0.15) is 5.75 Å². The number of rotatable bonds is 11. The molecule has 2 N–H and O–H groups in total. The number of Topliss-reactive ketones (excluding diaryl/α,β-unsaturated/α-hetero) is 1. The van der Waals surface area contributed by atoms with Gasteiger partial charge in [0.2, 0.25) is 5.91 Å². The lowest BCUT2D eigenvalue weighted by Gasteiger charge is -2.26. The van der Waals surface area contributed by atoms with E-state index in [1.165, 1.54) is 0 Å². The maximum atomic E-state index is 13.2. The van der Waals surface area contributed by atoms with Crippen LogP contribution in [0.15, 0.2) is 48.1 Å². The largest absolute Gasteiger partial charge is 0.428 e. The van der Waals surface area contributed by atoms with E-state index < -0.39 is 12.1 Å². The van der Waals surface area contributed by atoms with E-state index in [4.69, 9.17) is 3.07 Å². The van der Waals surface area contributed by atoms with E-state index >= 15 is 0 Å². The minimum absolute atomic E-state index is 0.0649. The van der Waals surface area contributed by atoms with E-state index in [0.717, 1.165) is 29.7 Å². The van der Waals surface area contributed by atoms with Gasteiger partial charge in [0, 0.05) is 12.0 Å². The lowest BCUT2D eigenvalue weighted by Crippen LogP contribution is -2.53. The third-order valence-corrected chi connectivity index (χ3v) is 5.55.